The van der Waals surface area contributed by atoms with Crippen LogP contribution >= 0.6 is 0 Å². The molecule has 146 valence electrons. The summed E-state index contributed by atoms with van der Waals surface area (Å²) in [7, 11) is 0. The van der Waals surface area contributed by atoms with Crippen molar-refractivity contribution < 1.29 is 4.42 Å². The van der Waals surface area contributed by atoms with Gasteiger partial charge in [0, 0.05) is 12.6 Å². The zero-order valence-electron chi connectivity index (χ0n) is 18.0. The lowest BCUT2D eigenvalue weighted by atomic mass is 9.92. The van der Waals surface area contributed by atoms with E-state index in [0.29, 0.717) is 11.8 Å². The van der Waals surface area contributed by atoms with Crippen molar-refractivity contribution in [3.05, 3.63) is 53.0 Å². The Morgan fingerprint density at radius 1 is 0.963 bits per heavy atom. The second-order valence-corrected chi connectivity index (χ2v) is 7.40. The molecule has 0 N–H and O–H groups in total. The Hall–Kier alpha value is -2.16. The molecule has 2 heterocycles. The highest BCUT2D eigenvalue weighted by Gasteiger charge is 2.21. The van der Waals surface area contributed by atoms with E-state index in [4.69, 9.17) is 4.42 Å². The first-order chi connectivity index (χ1) is 13.0. The summed E-state index contributed by atoms with van der Waals surface area (Å²) in [5, 5.41) is 0. The van der Waals surface area contributed by atoms with Gasteiger partial charge in [-0.05, 0) is 53.5 Å². The summed E-state index contributed by atoms with van der Waals surface area (Å²) in [6, 6.07) is 6.19. The van der Waals surface area contributed by atoms with Crippen LogP contribution in [0.5, 0.6) is 0 Å². The van der Waals surface area contributed by atoms with Crippen molar-refractivity contribution >= 4 is 16.8 Å². The molecule has 3 nitrogen and oxygen atoms in total. The van der Waals surface area contributed by atoms with Crippen molar-refractivity contribution in [2.75, 3.05) is 6.54 Å². The molecule has 2 aromatic rings. The minimum Gasteiger partial charge on any atom is -0.441 e. The van der Waals surface area contributed by atoms with Crippen LogP contribution in [0.4, 0.5) is 0 Å². The number of fused-ring (bicyclic) bond motifs is 2. The summed E-state index contributed by atoms with van der Waals surface area (Å²) >= 11 is 0. The van der Waals surface area contributed by atoms with Crippen molar-refractivity contribution in [2.24, 2.45) is 10.9 Å². The summed E-state index contributed by atoms with van der Waals surface area (Å²) in [4.78, 5) is 8.81. The van der Waals surface area contributed by atoms with Crippen molar-refractivity contribution in [3.63, 3.8) is 0 Å². The Labute approximate surface area is 164 Å². The number of hydrogen-bond donors (Lipinski definition) is 0. The van der Waals surface area contributed by atoms with E-state index in [1.54, 1.807) is 0 Å². The molecule has 0 radical (unpaired) electrons. The largest absolute Gasteiger partial charge is 0.441 e. The van der Waals surface area contributed by atoms with Gasteiger partial charge in [0.1, 0.15) is 5.52 Å². The van der Waals surface area contributed by atoms with E-state index in [1.165, 1.54) is 35.3 Å². The van der Waals surface area contributed by atoms with Crippen LogP contribution in [0.1, 0.15) is 71.8 Å². The second kappa shape index (κ2) is 9.68. The monoisotopic (exact) mass is 366 g/mol. The maximum absolute atomic E-state index is 5.45. The lowest BCUT2D eigenvalue weighted by Gasteiger charge is -2.11. The fourth-order valence-corrected chi connectivity index (χ4v) is 3.31. The minimum absolute atomic E-state index is 0.537. The van der Waals surface area contributed by atoms with Crippen molar-refractivity contribution in [3.8, 4) is 0 Å². The maximum atomic E-state index is 5.45. The highest BCUT2D eigenvalue weighted by atomic mass is 16.3. The Kier molecular flexibility index (Phi) is 7.58. The summed E-state index contributed by atoms with van der Waals surface area (Å²) in [5.41, 5.74) is 7.36. The van der Waals surface area contributed by atoms with Crippen LogP contribution in [-0.4, -0.2) is 17.2 Å². The highest BCUT2D eigenvalue weighted by Crippen LogP contribution is 2.28. The normalized spacial score (nSPS) is 15.4. The first-order valence-corrected chi connectivity index (χ1v) is 10.3. The number of aryl methyl sites for hydroxylation is 1. The number of allylic oxidation sites excluding steroid dienone is 2. The highest BCUT2D eigenvalue weighted by molar-refractivity contribution is 6.07. The standard InChI is InChI=1S/C11H13NO.C11H15N.C2H6/c1-7(2)9-4-5-10-11(6-9)13-8(3)12-10;1-8(2)11-10-6-4-3-5-9(10)7-12-11;1-2/h4-7H,1-3H3;5-6,8H,3-4,7H2,1-2H3;1-2H3. The molecular weight excluding hydrogens is 332 g/mol. The molecule has 1 aliphatic carbocycles. The summed E-state index contributed by atoms with van der Waals surface area (Å²) in [6.07, 6.45) is 7.10. The van der Waals surface area contributed by atoms with E-state index in [1.807, 2.05) is 26.8 Å². The molecular formula is C24H34N2O. The van der Waals surface area contributed by atoms with E-state index in [0.717, 1.165) is 23.5 Å². The Balaban J connectivity index is 0.000000178. The number of nitrogens with zero attached hydrogens (tertiary/aromatic N) is 2. The number of aromatic nitrogens is 1. The molecule has 27 heavy (non-hydrogen) atoms. The van der Waals surface area contributed by atoms with Gasteiger partial charge in [-0.1, -0.05) is 59.8 Å². The van der Waals surface area contributed by atoms with E-state index >= 15 is 0 Å². The predicted molar refractivity (Wildman–Crippen MR) is 117 cm³/mol. The van der Waals surface area contributed by atoms with Crippen LogP contribution in [0, 0.1) is 12.8 Å². The fraction of sp³-hybridized carbons (Fsp3) is 0.500. The second-order valence-electron chi connectivity index (χ2n) is 7.40. The smallest absolute Gasteiger partial charge is 0.192 e. The molecule has 3 heteroatoms. The van der Waals surface area contributed by atoms with Crippen LogP contribution < -0.4 is 0 Å². The molecule has 0 saturated heterocycles. The van der Waals surface area contributed by atoms with Gasteiger partial charge in [0.25, 0.3) is 0 Å². The van der Waals surface area contributed by atoms with E-state index in [2.05, 4.69) is 62.0 Å². The van der Waals surface area contributed by atoms with Crippen LogP contribution in [0.3, 0.4) is 0 Å². The number of benzene rings is 1. The third-order valence-corrected chi connectivity index (χ3v) is 4.68. The molecule has 0 unspecified atom stereocenters. The molecule has 0 amide bonds. The lowest BCUT2D eigenvalue weighted by molar-refractivity contribution is 0.560. The molecule has 0 bridgehead atoms. The molecule has 0 spiro atoms. The van der Waals surface area contributed by atoms with Crippen molar-refractivity contribution in [1.82, 2.24) is 4.98 Å². The first-order valence-electron chi connectivity index (χ1n) is 10.3. The zero-order chi connectivity index (χ0) is 20.0. The number of hydrogen-bond acceptors (Lipinski definition) is 3. The molecule has 0 saturated carbocycles. The van der Waals surface area contributed by atoms with Gasteiger partial charge in [-0.3, -0.25) is 4.99 Å². The minimum atomic E-state index is 0.537. The van der Waals surface area contributed by atoms with Gasteiger partial charge in [-0.15, -0.1) is 0 Å². The Morgan fingerprint density at radius 3 is 2.33 bits per heavy atom. The van der Waals surface area contributed by atoms with Crippen LogP contribution in [0.25, 0.3) is 11.1 Å². The Bertz CT molecular complexity index is 850. The van der Waals surface area contributed by atoms with Crippen LogP contribution in [-0.2, 0) is 0 Å². The molecule has 0 fully saturated rings. The average molecular weight is 367 g/mol. The van der Waals surface area contributed by atoms with Crippen molar-refractivity contribution in [2.45, 2.75) is 67.2 Å². The molecule has 4 rings (SSSR count). The molecule has 1 aromatic carbocycles. The summed E-state index contributed by atoms with van der Waals surface area (Å²) in [5.74, 6) is 1.85. The Morgan fingerprint density at radius 2 is 1.67 bits per heavy atom. The van der Waals surface area contributed by atoms with Gasteiger partial charge in [0.05, 0.1) is 6.54 Å². The van der Waals surface area contributed by atoms with Gasteiger partial charge < -0.3 is 4.42 Å². The van der Waals surface area contributed by atoms with E-state index < -0.39 is 0 Å². The van der Waals surface area contributed by atoms with Gasteiger partial charge in [-0.25, -0.2) is 4.98 Å². The SMILES string of the molecule is CC.CC(C)C1=NCC2=CCCC=C21.Cc1nc2ccc(C(C)C)cc2o1. The maximum Gasteiger partial charge on any atom is 0.192 e. The zero-order valence-corrected chi connectivity index (χ0v) is 18.0. The average Bonchev–Trinajstić information content (AvgIpc) is 3.25. The number of oxazole rings is 1. The van der Waals surface area contributed by atoms with Gasteiger partial charge in [0.15, 0.2) is 11.5 Å². The lowest BCUT2D eigenvalue weighted by Crippen LogP contribution is -2.08. The van der Waals surface area contributed by atoms with Gasteiger partial charge in [-0.2, -0.15) is 0 Å². The predicted octanol–water partition coefficient (Wildman–Crippen LogP) is 7.03. The third kappa shape index (κ3) is 5.18. The van der Waals surface area contributed by atoms with Gasteiger partial charge >= 0.3 is 0 Å². The van der Waals surface area contributed by atoms with Crippen LogP contribution in [0.2, 0.25) is 0 Å². The molecule has 0 atom stereocenters. The molecule has 2 aliphatic rings. The quantitative estimate of drug-likeness (QED) is 0.572. The van der Waals surface area contributed by atoms with E-state index in [-0.39, 0.29) is 0 Å². The fourth-order valence-electron chi connectivity index (χ4n) is 3.31. The number of rotatable bonds is 2. The first kappa shape index (κ1) is 21.1. The molecule has 1 aromatic heterocycles. The van der Waals surface area contributed by atoms with Gasteiger partial charge in [0.2, 0.25) is 0 Å². The summed E-state index contributed by atoms with van der Waals surface area (Å²) < 4.78 is 5.45. The summed E-state index contributed by atoms with van der Waals surface area (Å²) in [6.45, 7) is 15.6. The van der Waals surface area contributed by atoms with Crippen LogP contribution in [0.15, 0.2) is 50.9 Å². The topological polar surface area (TPSA) is 38.4 Å². The molecule has 1 aliphatic heterocycles. The van der Waals surface area contributed by atoms with Crippen molar-refractivity contribution in [1.29, 1.82) is 0 Å². The third-order valence-electron chi connectivity index (χ3n) is 4.68. The number of aliphatic imine (C=N–C) groups is 1. The van der Waals surface area contributed by atoms with E-state index in [9.17, 15) is 0 Å².